The quantitative estimate of drug-likeness (QED) is 0.384. The van der Waals surface area contributed by atoms with Crippen LogP contribution in [0.15, 0.2) is 0 Å². The first-order valence-corrected chi connectivity index (χ1v) is 0. The van der Waals surface area contributed by atoms with Crippen LogP contribution in [0.25, 0.3) is 0 Å². The van der Waals surface area contributed by atoms with Gasteiger partial charge in [0.25, 0.3) is 0 Å². The number of hydrogen-bond donors (Lipinski definition) is 0. The van der Waals surface area contributed by atoms with Gasteiger partial charge < -0.3 is 0 Å². The van der Waals surface area contributed by atoms with E-state index in [0.717, 1.165) is 0 Å². The minimum absolute atomic E-state index is 0. The van der Waals surface area contributed by atoms with Crippen molar-refractivity contribution in [3.8, 4) is 0 Å². The van der Waals surface area contributed by atoms with Gasteiger partial charge in [-0.3, -0.25) is 0 Å². The third kappa shape index (κ3) is 23.2. The SMILES string of the molecule is [Ce+3].[Ce+4].[Cu+2].[Cu+].[Cu].[Cu]. The van der Waals surface area contributed by atoms with Crippen LogP contribution in [0, 0.1) is 83.5 Å². The van der Waals surface area contributed by atoms with Gasteiger partial charge in [0.2, 0.25) is 0 Å². The molecular formula is Ce2Cu4+10. The topological polar surface area (TPSA) is 0 Å². The van der Waals surface area contributed by atoms with E-state index in [9.17, 15) is 0 Å². The van der Waals surface area contributed by atoms with Gasteiger partial charge >= 0.3 is 118 Å². The Bertz CT molecular complexity index is 5.51. The summed E-state index contributed by atoms with van der Waals surface area (Å²) in [5, 5.41) is 0. The predicted octanol–water partition coefficient (Wildman–Crippen LogP) is -0.0100. The molecular weight excluding hydrogens is 534 g/mol. The summed E-state index contributed by atoms with van der Waals surface area (Å²) in [5.74, 6) is 0. The summed E-state index contributed by atoms with van der Waals surface area (Å²) in [4.78, 5) is 0. The van der Waals surface area contributed by atoms with Crippen LogP contribution in [0.2, 0.25) is 0 Å². The maximum Gasteiger partial charge on any atom is 4.00 e. The Kier molecular flexibility index (Phi) is 246. The van der Waals surface area contributed by atoms with E-state index >= 15 is 0 Å². The predicted molar refractivity (Wildman–Crippen MR) is 0 cm³/mol. The fourth-order valence-corrected chi connectivity index (χ4v) is 0. The van der Waals surface area contributed by atoms with E-state index in [-0.39, 0.29) is 152 Å². The van der Waals surface area contributed by atoms with Gasteiger partial charge in [0.1, 0.15) is 0 Å². The van der Waals surface area contributed by atoms with Crippen molar-refractivity contribution in [2.75, 3.05) is 0 Å². The van der Waals surface area contributed by atoms with E-state index in [1.807, 2.05) is 0 Å². The van der Waals surface area contributed by atoms with Crippen LogP contribution < -0.4 is 0 Å². The molecule has 0 aliphatic carbocycles. The molecule has 0 unspecified atom stereocenters. The summed E-state index contributed by atoms with van der Waals surface area (Å²) in [6, 6.07) is 0. The van der Waals surface area contributed by atoms with Crippen LogP contribution >= 0.6 is 0 Å². The molecule has 6 heavy (non-hydrogen) atoms. The molecule has 0 atom stereocenters. The zero-order chi connectivity index (χ0) is 0. The minimum Gasteiger partial charge on any atom is 0 e. The molecule has 6 heteroatoms. The van der Waals surface area contributed by atoms with Crippen molar-refractivity contribution in [2.45, 2.75) is 0 Å². The molecule has 0 N–H and O–H groups in total. The fourth-order valence-electron chi connectivity index (χ4n) is 0. The van der Waals surface area contributed by atoms with Gasteiger partial charge in [0.15, 0.2) is 0 Å². The van der Waals surface area contributed by atoms with E-state index in [2.05, 4.69) is 0 Å². The summed E-state index contributed by atoms with van der Waals surface area (Å²) >= 11 is 0. The summed E-state index contributed by atoms with van der Waals surface area (Å²) in [6.07, 6.45) is 0. The normalized spacial score (nSPS) is 0. The molecule has 0 rings (SSSR count). The molecule has 0 nitrogen and oxygen atoms in total. The Balaban J connectivity index is 0. The zero-order valence-electron chi connectivity index (χ0n) is 2.21. The van der Waals surface area contributed by atoms with Gasteiger partial charge in [-0.05, 0) is 0 Å². The molecule has 0 aliphatic heterocycles. The molecule has 0 fully saturated rings. The molecule has 0 aliphatic rings. The van der Waals surface area contributed by atoms with Gasteiger partial charge in [0.05, 0.1) is 0 Å². The van der Waals surface area contributed by atoms with Gasteiger partial charge in [0, 0.05) is 34.1 Å². The largest absolute Gasteiger partial charge is 4.00 e. The zero-order valence-corrected chi connectivity index (χ0v) is 12.3. The molecule has 0 spiro atoms. The van der Waals surface area contributed by atoms with Crippen LogP contribution in [0.3, 0.4) is 0 Å². The maximum atomic E-state index is 0. The molecule has 0 saturated heterocycles. The van der Waals surface area contributed by atoms with Crippen molar-refractivity contribution < 1.29 is 152 Å². The van der Waals surface area contributed by atoms with E-state index < -0.39 is 0 Å². The molecule has 0 aromatic carbocycles. The van der Waals surface area contributed by atoms with Crippen LogP contribution in [-0.2, 0) is 68.3 Å². The van der Waals surface area contributed by atoms with Gasteiger partial charge in [-0.15, -0.1) is 0 Å². The number of hydrogen-bond acceptors (Lipinski definition) is 0. The van der Waals surface area contributed by atoms with E-state index in [0.29, 0.717) is 0 Å². The van der Waals surface area contributed by atoms with Gasteiger partial charge in [-0.2, -0.15) is 0 Å². The van der Waals surface area contributed by atoms with Crippen molar-refractivity contribution >= 4 is 0 Å². The summed E-state index contributed by atoms with van der Waals surface area (Å²) in [6.45, 7) is 0. The monoisotopic (exact) mass is 532 g/mol. The third-order valence-corrected chi connectivity index (χ3v) is 0. The number of rotatable bonds is 0. The average Bonchev–Trinajstić information content (AvgIpc) is 0. The van der Waals surface area contributed by atoms with Gasteiger partial charge in [-0.1, -0.05) is 0 Å². The molecule has 0 aromatic heterocycles. The maximum absolute atomic E-state index is 0. The first-order chi connectivity index (χ1) is 0. The van der Waals surface area contributed by atoms with Crippen molar-refractivity contribution in [1.82, 2.24) is 0 Å². The van der Waals surface area contributed by atoms with Crippen LogP contribution in [-0.4, -0.2) is 0 Å². The second kappa shape index (κ2) is 32.9. The molecule has 0 aromatic rings. The molecule has 0 saturated carbocycles. The Hall–Kier alpha value is 4.83. The molecule has 0 amide bonds. The van der Waals surface area contributed by atoms with E-state index in [1.165, 1.54) is 0 Å². The van der Waals surface area contributed by atoms with Crippen molar-refractivity contribution in [2.24, 2.45) is 0 Å². The second-order valence-electron chi connectivity index (χ2n) is 0. The average molecular weight is 534 g/mol. The summed E-state index contributed by atoms with van der Waals surface area (Å²) in [7, 11) is 0. The Labute approximate surface area is 148 Å². The first-order valence-electron chi connectivity index (χ1n) is 0. The van der Waals surface area contributed by atoms with Crippen LogP contribution in [0.5, 0.6) is 0 Å². The Morgan fingerprint density at radius 1 is 0.833 bits per heavy atom. The third-order valence-electron chi connectivity index (χ3n) is 0. The summed E-state index contributed by atoms with van der Waals surface area (Å²) in [5.41, 5.74) is 0. The smallest absolute Gasteiger partial charge is 0 e. The second-order valence-corrected chi connectivity index (χ2v) is 0. The van der Waals surface area contributed by atoms with Crippen molar-refractivity contribution in [3.05, 3.63) is 0 Å². The molecule has 0 bridgehead atoms. The van der Waals surface area contributed by atoms with Crippen LogP contribution in [0.4, 0.5) is 0 Å². The van der Waals surface area contributed by atoms with E-state index in [4.69, 9.17) is 0 Å². The molecule has 4 radical (unpaired) electrons. The first kappa shape index (κ1) is 44.9. The standard InChI is InChI=1S/2Ce.4Cu/q+3;+4;;;+1;+2. The minimum atomic E-state index is 0. The van der Waals surface area contributed by atoms with Crippen molar-refractivity contribution in [3.63, 3.8) is 0 Å². The molecule has 0 heterocycles. The fraction of sp³-hybridized carbons (Fsp3) is 0. The van der Waals surface area contributed by atoms with Crippen LogP contribution in [0.1, 0.15) is 0 Å². The Morgan fingerprint density at radius 3 is 0.833 bits per heavy atom. The molecule has 42 valence electrons. The Morgan fingerprint density at radius 2 is 0.833 bits per heavy atom. The summed E-state index contributed by atoms with van der Waals surface area (Å²) < 4.78 is 0. The van der Waals surface area contributed by atoms with Crippen molar-refractivity contribution in [1.29, 1.82) is 0 Å². The van der Waals surface area contributed by atoms with Gasteiger partial charge in [-0.25, -0.2) is 0 Å². The van der Waals surface area contributed by atoms with E-state index in [1.54, 1.807) is 0 Å².